The maximum absolute atomic E-state index is 13.0. The normalized spacial score (nSPS) is 17.4. The van der Waals surface area contributed by atoms with Gasteiger partial charge in [0.1, 0.15) is 0 Å². The maximum atomic E-state index is 13.0. The molecule has 0 saturated heterocycles. The Morgan fingerprint density at radius 3 is 1.81 bits per heavy atom. The third-order valence-corrected chi connectivity index (χ3v) is 6.05. The minimum atomic E-state index is -0.235. The van der Waals surface area contributed by atoms with Crippen molar-refractivity contribution in [3.63, 3.8) is 0 Å². The molecule has 1 atom stereocenters. The van der Waals surface area contributed by atoms with E-state index in [0.717, 1.165) is 16.6 Å². The fourth-order valence-electron chi connectivity index (χ4n) is 3.85. The summed E-state index contributed by atoms with van der Waals surface area (Å²) >= 11 is 3.43. The topological polar surface area (TPSA) is 29.1 Å². The molecule has 0 radical (unpaired) electrons. The monoisotopic (exact) mass is 419 g/mol. The molecule has 0 spiro atoms. The summed E-state index contributed by atoms with van der Waals surface area (Å²) in [7, 11) is 0. The van der Waals surface area contributed by atoms with Crippen LogP contribution in [0.25, 0.3) is 0 Å². The van der Waals surface area contributed by atoms with Gasteiger partial charge < -0.3 is 5.32 Å². The van der Waals surface area contributed by atoms with Crippen LogP contribution in [0.3, 0.4) is 0 Å². The number of amides is 1. The van der Waals surface area contributed by atoms with Crippen LogP contribution in [0.5, 0.6) is 0 Å². The highest BCUT2D eigenvalue weighted by Crippen LogP contribution is 2.59. The largest absolute Gasteiger partial charge is 0.326 e. The Kier molecular flexibility index (Phi) is 4.65. The standard InChI is InChI=1S/C24H22BrNO/c1-16-3-7-18(8-4-16)24(19-9-5-17(2)6-10-19)15-22(24)23(27)26-21-13-11-20(25)12-14-21/h3-14,22H,15H2,1-2H3,(H,26,27)/t22-/m1/s1. The van der Waals surface area contributed by atoms with Gasteiger partial charge in [-0.25, -0.2) is 0 Å². The Hall–Kier alpha value is -2.39. The third kappa shape index (κ3) is 3.44. The number of anilines is 1. The van der Waals surface area contributed by atoms with Crippen molar-refractivity contribution in [1.82, 2.24) is 0 Å². The van der Waals surface area contributed by atoms with Gasteiger partial charge in [0.2, 0.25) is 5.91 Å². The van der Waals surface area contributed by atoms with Crippen molar-refractivity contribution in [1.29, 1.82) is 0 Å². The molecule has 0 heterocycles. The molecule has 3 aromatic carbocycles. The van der Waals surface area contributed by atoms with Gasteiger partial charge in [-0.2, -0.15) is 0 Å². The number of hydrogen-bond acceptors (Lipinski definition) is 1. The zero-order valence-electron chi connectivity index (χ0n) is 15.5. The van der Waals surface area contributed by atoms with Crippen LogP contribution in [0.15, 0.2) is 77.3 Å². The summed E-state index contributed by atoms with van der Waals surface area (Å²) in [6.07, 6.45) is 0.835. The van der Waals surface area contributed by atoms with Gasteiger partial charge in [-0.1, -0.05) is 75.6 Å². The van der Waals surface area contributed by atoms with Crippen molar-refractivity contribution in [2.45, 2.75) is 25.7 Å². The summed E-state index contributed by atoms with van der Waals surface area (Å²) < 4.78 is 1.00. The van der Waals surface area contributed by atoms with Crippen LogP contribution in [0, 0.1) is 19.8 Å². The third-order valence-electron chi connectivity index (χ3n) is 5.52. The van der Waals surface area contributed by atoms with Gasteiger partial charge >= 0.3 is 0 Å². The van der Waals surface area contributed by atoms with E-state index in [1.165, 1.54) is 22.3 Å². The molecule has 4 rings (SSSR count). The summed E-state index contributed by atoms with van der Waals surface area (Å²) in [5.74, 6) is 0.0185. The fourth-order valence-corrected chi connectivity index (χ4v) is 4.11. The molecule has 27 heavy (non-hydrogen) atoms. The van der Waals surface area contributed by atoms with Gasteiger partial charge in [0.25, 0.3) is 0 Å². The van der Waals surface area contributed by atoms with Crippen molar-refractivity contribution in [3.05, 3.63) is 99.5 Å². The first kappa shape index (κ1) is 18.0. The van der Waals surface area contributed by atoms with Crippen LogP contribution in [0.2, 0.25) is 0 Å². The van der Waals surface area contributed by atoms with Gasteiger partial charge in [0, 0.05) is 15.6 Å². The number of hydrogen-bond donors (Lipinski definition) is 1. The molecular weight excluding hydrogens is 398 g/mol. The lowest BCUT2D eigenvalue weighted by Gasteiger charge is -2.19. The number of nitrogens with one attached hydrogen (secondary N) is 1. The second-order valence-electron chi connectivity index (χ2n) is 7.46. The summed E-state index contributed by atoms with van der Waals surface area (Å²) in [5, 5.41) is 3.09. The first-order chi connectivity index (χ1) is 13.0. The Balaban J connectivity index is 1.66. The van der Waals surface area contributed by atoms with E-state index in [9.17, 15) is 4.79 Å². The van der Waals surface area contributed by atoms with Crippen LogP contribution in [0.4, 0.5) is 5.69 Å². The first-order valence-electron chi connectivity index (χ1n) is 9.20. The van der Waals surface area contributed by atoms with Crippen LogP contribution >= 0.6 is 15.9 Å². The number of carbonyl (C=O) groups excluding carboxylic acids is 1. The van der Waals surface area contributed by atoms with E-state index >= 15 is 0 Å². The number of benzene rings is 3. The van der Waals surface area contributed by atoms with E-state index in [-0.39, 0.29) is 17.2 Å². The summed E-state index contributed by atoms with van der Waals surface area (Å²) in [6.45, 7) is 4.18. The molecular formula is C24H22BrNO. The molecule has 3 heteroatoms. The predicted molar refractivity (Wildman–Crippen MR) is 114 cm³/mol. The van der Waals surface area contributed by atoms with E-state index in [2.05, 4.69) is 83.6 Å². The number of aryl methyl sites for hydroxylation is 2. The molecule has 1 N–H and O–H groups in total. The SMILES string of the molecule is Cc1ccc(C2(c3ccc(C)cc3)C[C@@H]2C(=O)Nc2ccc(Br)cc2)cc1. The molecule has 0 bridgehead atoms. The highest BCUT2D eigenvalue weighted by Gasteiger charge is 2.60. The summed E-state index contributed by atoms with van der Waals surface area (Å²) in [4.78, 5) is 13.0. The van der Waals surface area contributed by atoms with E-state index in [4.69, 9.17) is 0 Å². The molecule has 3 aromatic rings. The molecule has 0 unspecified atom stereocenters. The Bertz CT molecular complexity index is 913. The van der Waals surface area contributed by atoms with E-state index in [1.807, 2.05) is 24.3 Å². The highest BCUT2D eigenvalue weighted by molar-refractivity contribution is 9.10. The first-order valence-corrected chi connectivity index (χ1v) is 9.99. The number of carbonyl (C=O) groups is 1. The minimum Gasteiger partial charge on any atom is -0.326 e. The van der Waals surface area contributed by atoms with Crippen LogP contribution in [0.1, 0.15) is 28.7 Å². The average Bonchev–Trinajstić information content (AvgIpc) is 3.42. The van der Waals surface area contributed by atoms with Gasteiger partial charge in [-0.15, -0.1) is 0 Å². The second kappa shape index (κ2) is 6.97. The molecule has 0 aliphatic heterocycles. The summed E-state index contributed by atoms with van der Waals surface area (Å²) in [5.41, 5.74) is 5.49. The Morgan fingerprint density at radius 2 is 1.33 bits per heavy atom. The van der Waals surface area contributed by atoms with Gasteiger partial charge in [0.05, 0.1) is 5.92 Å². The van der Waals surface area contributed by atoms with Gasteiger partial charge in [-0.05, 0) is 55.7 Å². The van der Waals surface area contributed by atoms with Crippen molar-refractivity contribution in [2.24, 2.45) is 5.92 Å². The van der Waals surface area contributed by atoms with Crippen molar-refractivity contribution in [2.75, 3.05) is 5.32 Å². The molecule has 1 aliphatic rings. The molecule has 1 aliphatic carbocycles. The Labute approximate surface area is 168 Å². The minimum absolute atomic E-state index is 0.0634. The second-order valence-corrected chi connectivity index (χ2v) is 8.37. The summed E-state index contributed by atoms with van der Waals surface area (Å²) in [6, 6.07) is 24.9. The molecule has 2 nitrogen and oxygen atoms in total. The van der Waals surface area contributed by atoms with E-state index in [1.54, 1.807) is 0 Å². The van der Waals surface area contributed by atoms with Crippen molar-refractivity contribution in [3.8, 4) is 0 Å². The lowest BCUT2D eigenvalue weighted by atomic mass is 9.85. The zero-order chi connectivity index (χ0) is 19.0. The average molecular weight is 420 g/mol. The van der Waals surface area contributed by atoms with Crippen LogP contribution in [-0.2, 0) is 10.2 Å². The molecule has 136 valence electrons. The number of halogens is 1. The predicted octanol–water partition coefficient (Wildman–Crippen LogP) is 6.01. The Morgan fingerprint density at radius 1 is 0.852 bits per heavy atom. The molecule has 1 amide bonds. The molecule has 1 fully saturated rings. The van der Waals surface area contributed by atoms with Crippen LogP contribution < -0.4 is 5.32 Å². The lowest BCUT2D eigenvalue weighted by molar-refractivity contribution is -0.117. The van der Waals surface area contributed by atoms with Gasteiger partial charge in [-0.3, -0.25) is 4.79 Å². The lowest BCUT2D eigenvalue weighted by Crippen LogP contribution is -2.22. The van der Waals surface area contributed by atoms with Crippen molar-refractivity contribution >= 4 is 27.5 Å². The smallest absolute Gasteiger partial charge is 0.228 e. The highest BCUT2D eigenvalue weighted by atomic mass is 79.9. The van der Waals surface area contributed by atoms with E-state index < -0.39 is 0 Å². The zero-order valence-corrected chi connectivity index (χ0v) is 17.1. The fraction of sp³-hybridized carbons (Fsp3) is 0.208. The quantitative estimate of drug-likeness (QED) is 0.550. The number of rotatable bonds is 4. The van der Waals surface area contributed by atoms with Crippen LogP contribution in [-0.4, -0.2) is 5.91 Å². The van der Waals surface area contributed by atoms with Gasteiger partial charge in [0.15, 0.2) is 0 Å². The molecule has 1 saturated carbocycles. The van der Waals surface area contributed by atoms with Crippen molar-refractivity contribution < 1.29 is 4.79 Å². The molecule has 0 aromatic heterocycles. The maximum Gasteiger partial charge on any atom is 0.228 e. The van der Waals surface area contributed by atoms with E-state index in [0.29, 0.717) is 0 Å².